The summed E-state index contributed by atoms with van der Waals surface area (Å²) < 4.78 is 0. The van der Waals surface area contributed by atoms with Gasteiger partial charge in [0.1, 0.15) is 5.84 Å². The lowest BCUT2D eigenvalue weighted by molar-refractivity contribution is 0.0940. The van der Waals surface area contributed by atoms with Gasteiger partial charge in [0.15, 0.2) is 0 Å². The molecule has 0 saturated carbocycles. The molecule has 5 nitrogen and oxygen atoms in total. The van der Waals surface area contributed by atoms with Gasteiger partial charge in [0.25, 0.3) is 5.91 Å². The fourth-order valence-corrected chi connectivity index (χ4v) is 1.98. The van der Waals surface area contributed by atoms with Gasteiger partial charge >= 0.3 is 0 Å². The summed E-state index contributed by atoms with van der Waals surface area (Å²) in [5.41, 5.74) is 1.51. The number of hydrogen-bond donors (Lipinski definition) is 3. The number of amides is 1. The van der Waals surface area contributed by atoms with Crippen molar-refractivity contribution >= 4 is 17.4 Å². The molecule has 1 aromatic carbocycles. The first kappa shape index (κ1) is 14.4. The highest BCUT2D eigenvalue weighted by atomic mass is 16.1. The van der Waals surface area contributed by atoms with Crippen molar-refractivity contribution < 1.29 is 4.79 Å². The highest BCUT2D eigenvalue weighted by molar-refractivity contribution is 6.00. The third kappa shape index (κ3) is 3.73. The molecule has 5 heteroatoms. The quantitative estimate of drug-likeness (QED) is 0.738. The average Bonchev–Trinajstić information content (AvgIpc) is 2.98. The SMILES string of the molecule is CCC(C)NC(=O)c1ccccc1NCC1=NCCN1. The summed E-state index contributed by atoms with van der Waals surface area (Å²) in [6.07, 6.45) is 0.919. The lowest BCUT2D eigenvalue weighted by atomic mass is 10.1. The maximum absolute atomic E-state index is 12.2. The van der Waals surface area contributed by atoms with E-state index >= 15 is 0 Å². The number of rotatable bonds is 6. The number of carbonyl (C=O) groups is 1. The molecule has 1 unspecified atom stereocenters. The minimum Gasteiger partial charge on any atom is -0.377 e. The Bertz CT molecular complexity index is 498. The zero-order valence-electron chi connectivity index (χ0n) is 12.1. The van der Waals surface area contributed by atoms with E-state index in [0.29, 0.717) is 12.1 Å². The van der Waals surface area contributed by atoms with Crippen molar-refractivity contribution in [3.63, 3.8) is 0 Å². The summed E-state index contributed by atoms with van der Waals surface area (Å²) in [4.78, 5) is 16.6. The Hall–Kier alpha value is -2.04. The van der Waals surface area contributed by atoms with E-state index in [1.165, 1.54) is 0 Å². The van der Waals surface area contributed by atoms with Crippen LogP contribution in [0.3, 0.4) is 0 Å². The van der Waals surface area contributed by atoms with E-state index in [1.54, 1.807) is 0 Å². The first-order valence-corrected chi connectivity index (χ1v) is 7.11. The number of para-hydroxylation sites is 1. The monoisotopic (exact) mass is 274 g/mol. The maximum Gasteiger partial charge on any atom is 0.253 e. The molecule has 0 radical (unpaired) electrons. The number of aliphatic imine (C=N–C) groups is 1. The van der Waals surface area contributed by atoms with Crippen molar-refractivity contribution in [1.29, 1.82) is 0 Å². The zero-order chi connectivity index (χ0) is 14.4. The van der Waals surface area contributed by atoms with E-state index in [0.717, 1.165) is 31.0 Å². The molecule has 1 aliphatic heterocycles. The third-order valence-electron chi connectivity index (χ3n) is 3.35. The van der Waals surface area contributed by atoms with E-state index in [1.807, 2.05) is 31.2 Å². The number of amidine groups is 1. The molecule has 0 aliphatic carbocycles. The Morgan fingerprint density at radius 3 is 2.95 bits per heavy atom. The Labute approximate surface area is 119 Å². The Morgan fingerprint density at radius 1 is 1.45 bits per heavy atom. The second-order valence-electron chi connectivity index (χ2n) is 4.94. The lowest BCUT2D eigenvalue weighted by Crippen LogP contribution is -2.33. The number of nitrogens with zero attached hydrogens (tertiary/aromatic N) is 1. The second-order valence-corrected chi connectivity index (χ2v) is 4.94. The van der Waals surface area contributed by atoms with E-state index in [4.69, 9.17) is 0 Å². The Kier molecular flexibility index (Phi) is 4.98. The Balaban J connectivity index is 2.03. The van der Waals surface area contributed by atoms with E-state index in [-0.39, 0.29) is 11.9 Å². The molecule has 0 spiro atoms. The van der Waals surface area contributed by atoms with Crippen molar-refractivity contribution in [2.75, 3.05) is 25.0 Å². The highest BCUT2D eigenvalue weighted by Crippen LogP contribution is 2.15. The molecule has 0 fully saturated rings. The second kappa shape index (κ2) is 6.93. The first-order chi connectivity index (χ1) is 9.70. The molecule has 1 amide bonds. The normalized spacial score (nSPS) is 15.2. The van der Waals surface area contributed by atoms with Gasteiger partial charge in [-0.1, -0.05) is 19.1 Å². The maximum atomic E-state index is 12.2. The van der Waals surface area contributed by atoms with Crippen molar-refractivity contribution in [2.45, 2.75) is 26.3 Å². The van der Waals surface area contributed by atoms with Crippen LogP contribution < -0.4 is 16.0 Å². The first-order valence-electron chi connectivity index (χ1n) is 7.11. The zero-order valence-corrected chi connectivity index (χ0v) is 12.1. The highest BCUT2D eigenvalue weighted by Gasteiger charge is 2.13. The molecule has 20 heavy (non-hydrogen) atoms. The Morgan fingerprint density at radius 2 is 2.25 bits per heavy atom. The number of hydrogen-bond acceptors (Lipinski definition) is 4. The number of benzene rings is 1. The molecule has 0 aromatic heterocycles. The van der Waals surface area contributed by atoms with Gasteiger partial charge in [-0.15, -0.1) is 0 Å². The topological polar surface area (TPSA) is 65.5 Å². The molecule has 0 bridgehead atoms. The van der Waals surface area contributed by atoms with Gasteiger partial charge < -0.3 is 16.0 Å². The molecule has 108 valence electrons. The largest absolute Gasteiger partial charge is 0.377 e. The van der Waals surface area contributed by atoms with E-state index in [9.17, 15) is 4.79 Å². The minimum absolute atomic E-state index is 0.0382. The predicted molar refractivity (Wildman–Crippen MR) is 82.5 cm³/mol. The van der Waals surface area contributed by atoms with Crippen LogP contribution in [0.1, 0.15) is 30.6 Å². The van der Waals surface area contributed by atoms with Crippen LogP contribution in [0.5, 0.6) is 0 Å². The van der Waals surface area contributed by atoms with Gasteiger partial charge in [0.05, 0.1) is 18.7 Å². The number of nitrogens with one attached hydrogen (secondary N) is 3. The molecule has 1 atom stereocenters. The predicted octanol–water partition coefficient (Wildman–Crippen LogP) is 1.63. The van der Waals surface area contributed by atoms with Crippen LogP contribution >= 0.6 is 0 Å². The van der Waals surface area contributed by atoms with E-state index < -0.39 is 0 Å². The van der Waals surface area contributed by atoms with Crippen LogP contribution in [-0.4, -0.2) is 37.4 Å². The molecule has 0 saturated heterocycles. The van der Waals surface area contributed by atoms with E-state index in [2.05, 4.69) is 27.9 Å². The van der Waals surface area contributed by atoms with Gasteiger partial charge in [-0.05, 0) is 25.5 Å². The van der Waals surface area contributed by atoms with Crippen molar-refractivity contribution in [3.8, 4) is 0 Å². The summed E-state index contributed by atoms with van der Waals surface area (Å²) in [5, 5.41) is 9.47. The van der Waals surface area contributed by atoms with Crippen LogP contribution in [0, 0.1) is 0 Å². The van der Waals surface area contributed by atoms with Crippen LogP contribution in [0.25, 0.3) is 0 Å². The van der Waals surface area contributed by atoms with Gasteiger partial charge in [0, 0.05) is 18.3 Å². The average molecular weight is 274 g/mol. The van der Waals surface area contributed by atoms with Crippen LogP contribution in [0.2, 0.25) is 0 Å². The fraction of sp³-hybridized carbons (Fsp3) is 0.467. The van der Waals surface area contributed by atoms with Crippen molar-refractivity contribution in [1.82, 2.24) is 10.6 Å². The molecule has 1 aliphatic rings. The van der Waals surface area contributed by atoms with Crippen molar-refractivity contribution in [3.05, 3.63) is 29.8 Å². The van der Waals surface area contributed by atoms with Gasteiger partial charge in [-0.3, -0.25) is 9.79 Å². The fourth-order valence-electron chi connectivity index (χ4n) is 1.98. The molecule has 2 rings (SSSR count). The van der Waals surface area contributed by atoms with Crippen LogP contribution in [0.15, 0.2) is 29.3 Å². The third-order valence-corrected chi connectivity index (χ3v) is 3.35. The van der Waals surface area contributed by atoms with Gasteiger partial charge in [-0.25, -0.2) is 0 Å². The summed E-state index contributed by atoms with van der Waals surface area (Å²) in [6.45, 7) is 6.40. The standard InChI is InChI=1S/C15H22N4O/c1-3-11(2)19-15(20)12-6-4-5-7-13(12)18-10-14-16-8-9-17-14/h4-7,11,18H,3,8-10H2,1-2H3,(H,16,17)(H,19,20). The number of carbonyl (C=O) groups excluding carboxylic acids is 1. The smallest absolute Gasteiger partial charge is 0.253 e. The summed E-state index contributed by atoms with van der Waals surface area (Å²) in [6, 6.07) is 7.73. The molecule has 1 heterocycles. The molecule has 1 aromatic rings. The molecular formula is C15H22N4O. The molecule has 3 N–H and O–H groups in total. The summed E-state index contributed by atoms with van der Waals surface area (Å²) >= 11 is 0. The molecular weight excluding hydrogens is 252 g/mol. The van der Waals surface area contributed by atoms with Crippen LogP contribution in [0.4, 0.5) is 5.69 Å². The summed E-state index contributed by atoms with van der Waals surface area (Å²) in [7, 11) is 0. The van der Waals surface area contributed by atoms with Gasteiger partial charge in [0.2, 0.25) is 0 Å². The van der Waals surface area contributed by atoms with Crippen LogP contribution in [-0.2, 0) is 0 Å². The van der Waals surface area contributed by atoms with Crippen molar-refractivity contribution in [2.24, 2.45) is 4.99 Å². The summed E-state index contributed by atoms with van der Waals surface area (Å²) in [5.74, 6) is 0.908. The van der Waals surface area contributed by atoms with Gasteiger partial charge in [-0.2, -0.15) is 0 Å². The number of anilines is 1. The lowest BCUT2D eigenvalue weighted by Gasteiger charge is -2.15. The minimum atomic E-state index is -0.0382.